The van der Waals surface area contributed by atoms with Crippen LogP contribution in [-0.2, 0) is 25.6 Å². The van der Waals surface area contributed by atoms with Gasteiger partial charge in [0.05, 0.1) is 12.3 Å². The minimum atomic E-state index is -3.44. The second kappa shape index (κ2) is 8.61. The van der Waals surface area contributed by atoms with Crippen LogP contribution >= 0.6 is 22.6 Å². The van der Waals surface area contributed by atoms with Gasteiger partial charge < -0.3 is 24.2 Å². The number of halogens is 1. The van der Waals surface area contributed by atoms with Crippen molar-refractivity contribution in [3.05, 3.63) is 51.6 Å². The standard InChI is InChI=1S/C18H15BrN5O6PS.Na/c19-17-21-11-14(24(17)16-12(25)13-10(29-16)7-28-31(27,32)30-13)22-18-20-9(6-23(18)15(11)26)8-4-2-1-3-5-8;/h1-6,10,12-13,16,25H,7H2,(H,20,22)(H,27,32);/t10-,12-,13-,16-,31?;/m1./s1. The molecule has 33 heavy (non-hydrogen) atoms. The Morgan fingerprint density at radius 2 is 2.03 bits per heavy atom. The molecule has 1 unspecified atom stereocenters. The van der Waals surface area contributed by atoms with Gasteiger partial charge in [0.15, 0.2) is 22.1 Å². The molecular formula is C18H15BrN5NaO6PS. The summed E-state index contributed by atoms with van der Waals surface area (Å²) >= 11 is 8.24. The zero-order chi connectivity index (χ0) is 22.2. The van der Waals surface area contributed by atoms with Crippen molar-refractivity contribution in [2.24, 2.45) is 0 Å². The number of hydrogen-bond donors (Lipinski definition) is 3. The molecule has 4 aromatic rings. The molecule has 2 fully saturated rings. The monoisotopic (exact) mass is 562 g/mol. The Bertz CT molecular complexity index is 1480. The van der Waals surface area contributed by atoms with E-state index in [1.54, 1.807) is 6.20 Å². The average molecular weight is 563 g/mol. The molecule has 2 aliphatic rings. The molecule has 3 aromatic heterocycles. The number of H-pyrrole nitrogens is 1. The SMILES string of the molecule is O=c1c2nc(Br)n([C@@H]3O[C@@H]4COP(O)(=S)O[C@H]4[C@H]3O)c2nc2[nH]c(-c3ccccc3)cn12.[Na]. The average Bonchev–Trinajstić information content (AvgIpc) is 3.43. The molecule has 0 aliphatic carbocycles. The van der Waals surface area contributed by atoms with Crippen molar-refractivity contribution in [2.45, 2.75) is 24.5 Å². The van der Waals surface area contributed by atoms with Crippen LogP contribution in [0.25, 0.3) is 28.2 Å². The van der Waals surface area contributed by atoms with Gasteiger partial charge in [0.25, 0.3) is 5.56 Å². The Labute approximate surface area is 221 Å². The number of hydrogen-bond acceptors (Lipinski definition) is 8. The summed E-state index contributed by atoms with van der Waals surface area (Å²) in [5.41, 5.74) is 1.56. The Morgan fingerprint density at radius 1 is 1.27 bits per heavy atom. The number of imidazole rings is 2. The molecule has 0 spiro atoms. The van der Waals surface area contributed by atoms with Crippen LogP contribution < -0.4 is 5.56 Å². The smallest absolute Gasteiger partial charge is 0.325 e. The molecule has 6 rings (SSSR count). The molecule has 2 saturated heterocycles. The van der Waals surface area contributed by atoms with Crippen LogP contribution in [0.15, 0.2) is 46.1 Å². The number of fused-ring (bicyclic) bond motifs is 3. The number of aliphatic hydroxyl groups is 1. The van der Waals surface area contributed by atoms with Crippen molar-refractivity contribution in [3.63, 3.8) is 0 Å². The van der Waals surface area contributed by atoms with Gasteiger partial charge in [0.2, 0.25) is 5.78 Å². The van der Waals surface area contributed by atoms with Crippen LogP contribution in [0.5, 0.6) is 0 Å². The van der Waals surface area contributed by atoms with E-state index < -0.39 is 31.3 Å². The van der Waals surface area contributed by atoms with Crippen LogP contribution in [-0.4, -0.2) is 88.4 Å². The van der Waals surface area contributed by atoms with Crippen LogP contribution in [0, 0.1) is 0 Å². The van der Waals surface area contributed by atoms with Crippen molar-refractivity contribution < 1.29 is 23.8 Å². The summed E-state index contributed by atoms with van der Waals surface area (Å²) in [7, 11) is 0. The van der Waals surface area contributed by atoms with Crippen molar-refractivity contribution in [2.75, 3.05) is 6.61 Å². The Morgan fingerprint density at radius 3 is 2.79 bits per heavy atom. The third kappa shape index (κ3) is 3.89. The molecule has 11 nitrogen and oxygen atoms in total. The first-order valence-electron chi connectivity index (χ1n) is 9.56. The van der Waals surface area contributed by atoms with E-state index in [0.717, 1.165) is 11.3 Å². The summed E-state index contributed by atoms with van der Waals surface area (Å²) in [6, 6.07) is 9.54. The maximum absolute atomic E-state index is 13.1. The van der Waals surface area contributed by atoms with Crippen LogP contribution in [0.2, 0.25) is 0 Å². The predicted octanol–water partition coefficient (Wildman–Crippen LogP) is 1.31. The van der Waals surface area contributed by atoms with Crippen molar-refractivity contribution in [1.82, 2.24) is 23.9 Å². The summed E-state index contributed by atoms with van der Waals surface area (Å²) < 4.78 is 19.6. The molecule has 2 aliphatic heterocycles. The fourth-order valence-electron chi connectivity index (χ4n) is 4.04. The maximum Gasteiger partial charge on any atom is 0.325 e. The van der Waals surface area contributed by atoms with E-state index >= 15 is 0 Å². The fourth-order valence-corrected chi connectivity index (χ4v) is 6.03. The first-order chi connectivity index (χ1) is 15.3. The normalized spacial score (nSPS) is 29.3. The second-order valence-electron chi connectivity index (χ2n) is 7.46. The van der Waals surface area contributed by atoms with E-state index in [9.17, 15) is 14.8 Å². The molecule has 5 heterocycles. The number of rotatable bonds is 2. The summed E-state index contributed by atoms with van der Waals surface area (Å²) in [4.78, 5) is 35.2. The summed E-state index contributed by atoms with van der Waals surface area (Å²) in [5.74, 6) is 0.311. The van der Waals surface area contributed by atoms with Gasteiger partial charge >= 0.3 is 6.72 Å². The van der Waals surface area contributed by atoms with E-state index in [2.05, 4.69) is 30.9 Å². The Kier molecular flexibility index (Phi) is 6.20. The van der Waals surface area contributed by atoms with Gasteiger partial charge in [-0.1, -0.05) is 30.3 Å². The molecule has 0 saturated carbocycles. The van der Waals surface area contributed by atoms with E-state index in [0.29, 0.717) is 5.78 Å². The number of aromatic amines is 1. The molecule has 3 N–H and O–H groups in total. The van der Waals surface area contributed by atoms with Gasteiger partial charge in [0, 0.05) is 35.8 Å². The van der Waals surface area contributed by atoms with Crippen molar-refractivity contribution >= 4 is 81.0 Å². The van der Waals surface area contributed by atoms with E-state index in [4.69, 9.17) is 25.6 Å². The molecule has 0 bridgehead atoms. The molecule has 1 aromatic carbocycles. The van der Waals surface area contributed by atoms with Crippen LogP contribution in [0.3, 0.4) is 0 Å². The third-order valence-electron chi connectivity index (χ3n) is 5.51. The first kappa shape index (κ1) is 23.8. The summed E-state index contributed by atoms with van der Waals surface area (Å²) in [5, 5.41) is 10.9. The molecule has 15 heteroatoms. The quantitative estimate of drug-likeness (QED) is 0.188. The molecule has 1 radical (unpaired) electrons. The minimum absolute atomic E-state index is 0. The zero-order valence-corrected chi connectivity index (χ0v) is 22.3. The first-order valence-corrected chi connectivity index (χ1v) is 12.9. The minimum Gasteiger partial charge on any atom is -0.386 e. The molecule has 5 atom stereocenters. The number of benzene rings is 1. The van der Waals surface area contributed by atoms with Crippen LogP contribution in [0.1, 0.15) is 6.23 Å². The second-order valence-corrected chi connectivity index (χ2v) is 11.0. The van der Waals surface area contributed by atoms with Gasteiger partial charge in [-0.05, 0) is 33.3 Å². The molecule has 167 valence electrons. The number of aliphatic hydroxyl groups excluding tert-OH is 1. The number of nitrogens with zero attached hydrogens (tertiary/aromatic N) is 4. The van der Waals surface area contributed by atoms with Gasteiger partial charge in [0.1, 0.15) is 18.3 Å². The Hall–Kier alpha value is -0.960. The number of ether oxygens (including phenoxy) is 1. The van der Waals surface area contributed by atoms with Gasteiger partial charge in [-0.3, -0.25) is 13.9 Å². The van der Waals surface area contributed by atoms with Gasteiger partial charge in [-0.15, -0.1) is 0 Å². The topological polar surface area (TPSA) is 136 Å². The van der Waals surface area contributed by atoms with E-state index in [1.165, 1.54) is 8.97 Å². The zero-order valence-electron chi connectivity index (χ0n) is 17.0. The Balaban J connectivity index is 0.00000228. The van der Waals surface area contributed by atoms with Crippen LogP contribution in [0.4, 0.5) is 0 Å². The van der Waals surface area contributed by atoms with Crippen molar-refractivity contribution in [1.29, 1.82) is 0 Å². The summed E-state index contributed by atoms with van der Waals surface area (Å²) in [6.07, 6.45) is -2.05. The van der Waals surface area contributed by atoms with E-state index in [1.807, 2.05) is 30.3 Å². The molecule has 0 amide bonds. The van der Waals surface area contributed by atoms with Crippen molar-refractivity contribution in [3.8, 4) is 11.3 Å². The maximum atomic E-state index is 13.1. The van der Waals surface area contributed by atoms with Gasteiger partial charge in [-0.2, -0.15) is 4.98 Å². The van der Waals surface area contributed by atoms with E-state index in [-0.39, 0.29) is 57.6 Å². The third-order valence-corrected chi connectivity index (χ3v) is 7.63. The predicted molar refractivity (Wildman–Crippen MR) is 125 cm³/mol. The summed E-state index contributed by atoms with van der Waals surface area (Å²) in [6.45, 7) is -3.46. The molecular weight excluding hydrogens is 548 g/mol. The number of aromatic nitrogens is 5. The van der Waals surface area contributed by atoms with Gasteiger partial charge in [-0.25, -0.2) is 9.38 Å². The fraction of sp³-hybridized carbons (Fsp3) is 0.278. The number of nitrogens with one attached hydrogen (secondary N) is 1. The largest absolute Gasteiger partial charge is 0.386 e.